The minimum Gasteiger partial charge on any atom is -0.332 e. The summed E-state index contributed by atoms with van der Waals surface area (Å²) in [6.07, 6.45) is 1.03. The maximum atomic E-state index is 5.92. The van der Waals surface area contributed by atoms with Gasteiger partial charge in [0, 0.05) is 22.8 Å². The largest absolute Gasteiger partial charge is 0.332 e. The van der Waals surface area contributed by atoms with E-state index in [0.29, 0.717) is 0 Å². The van der Waals surface area contributed by atoms with E-state index in [1.165, 1.54) is 11.1 Å². The van der Waals surface area contributed by atoms with Crippen molar-refractivity contribution in [1.82, 2.24) is 0 Å². The molecule has 1 aliphatic heterocycles. The van der Waals surface area contributed by atoms with E-state index in [0.717, 1.165) is 28.7 Å². The molecule has 3 rings (SSSR count). The van der Waals surface area contributed by atoms with Crippen LogP contribution < -0.4 is 4.90 Å². The highest BCUT2D eigenvalue weighted by molar-refractivity contribution is 7.81. The van der Waals surface area contributed by atoms with E-state index in [-0.39, 0.29) is 0 Å². The van der Waals surface area contributed by atoms with Crippen LogP contribution in [-0.2, 0) is 6.42 Å². The summed E-state index contributed by atoms with van der Waals surface area (Å²) in [4.78, 5) is 3.08. The van der Waals surface area contributed by atoms with Gasteiger partial charge in [0.25, 0.3) is 0 Å². The zero-order valence-electron chi connectivity index (χ0n) is 9.77. The summed E-state index contributed by atoms with van der Waals surface area (Å²) in [6, 6.07) is 16.2. The molecule has 0 fully saturated rings. The van der Waals surface area contributed by atoms with Gasteiger partial charge in [0.1, 0.15) is 4.99 Å². The first-order chi connectivity index (χ1) is 8.75. The number of thiocarbonyl (C=S) groups is 1. The first kappa shape index (κ1) is 11.7. The minimum absolute atomic E-state index is 0.752. The molecule has 0 spiro atoms. The highest BCUT2D eigenvalue weighted by Crippen LogP contribution is 2.26. The summed E-state index contributed by atoms with van der Waals surface area (Å²) in [5.41, 5.74) is 3.63. The molecule has 0 saturated heterocycles. The van der Waals surface area contributed by atoms with E-state index in [2.05, 4.69) is 23.1 Å². The lowest BCUT2D eigenvalue weighted by atomic mass is 9.99. The van der Waals surface area contributed by atoms with Gasteiger partial charge in [0.15, 0.2) is 0 Å². The van der Waals surface area contributed by atoms with Crippen LogP contribution in [0.2, 0.25) is 5.02 Å². The fourth-order valence-corrected chi connectivity index (χ4v) is 2.82. The lowest BCUT2D eigenvalue weighted by Gasteiger charge is -2.31. The summed E-state index contributed by atoms with van der Waals surface area (Å²) in [5.74, 6) is 0. The molecular weight excluding hydrogens is 262 g/mol. The number of benzene rings is 2. The van der Waals surface area contributed by atoms with Crippen molar-refractivity contribution in [3.8, 4) is 0 Å². The first-order valence-electron chi connectivity index (χ1n) is 5.91. The van der Waals surface area contributed by atoms with Crippen molar-refractivity contribution >= 4 is 34.5 Å². The van der Waals surface area contributed by atoms with Gasteiger partial charge in [-0.3, -0.25) is 0 Å². The van der Waals surface area contributed by atoms with E-state index in [9.17, 15) is 0 Å². The number of hydrogen-bond acceptors (Lipinski definition) is 1. The van der Waals surface area contributed by atoms with Gasteiger partial charge in [-0.15, -0.1) is 0 Å². The highest BCUT2D eigenvalue weighted by atomic mass is 35.5. The SMILES string of the molecule is S=C1c2ccccc2CCN1c1ccc(Cl)cc1. The molecule has 0 amide bonds. The van der Waals surface area contributed by atoms with Gasteiger partial charge in [-0.05, 0) is 36.2 Å². The summed E-state index contributed by atoms with van der Waals surface area (Å²) < 4.78 is 0. The molecule has 0 saturated carbocycles. The molecule has 1 heterocycles. The third kappa shape index (κ3) is 2.02. The third-order valence-electron chi connectivity index (χ3n) is 3.24. The summed E-state index contributed by atoms with van der Waals surface area (Å²) >= 11 is 11.5. The number of anilines is 1. The van der Waals surface area contributed by atoms with E-state index >= 15 is 0 Å². The van der Waals surface area contributed by atoms with Crippen molar-refractivity contribution in [3.05, 3.63) is 64.7 Å². The van der Waals surface area contributed by atoms with Crippen LogP contribution in [0.15, 0.2) is 48.5 Å². The molecule has 3 heteroatoms. The number of rotatable bonds is 1. The lowest BCUT2D eigenvalue weighted by Crippen LogP contribution is -2.36. The van der Waals surface area contributed by atoms with E-state index in [1.54, 1.807) is 0 Å². The van der Waals surface area contributed by atoms with Crippen LogP contribution in [0.25, 0.3) is 0 Å². The molecule has 0 atom stereocenters. The molecule has 1 nitrogen and oxygen atoms in total. The molecule has 90 valence electrons. The summed E-state index contributed by atoms with van der Waals surface area (Å²) in [7, 11) is 0. The fraction of sp³-hybridized carbons (Fsp3) is 0.133. The van der Waals surface area contributed by atoms with E-state index in [1.807, 2.05) is 30.3 Å². The van der Waals surface area contributed by atoms with Crippen molar-refractivity contribution in [2.24, 2.45) is 0 Å². The van der Waals surface area contributed by atoms with Gasteiger partial charge < -0.3 is 4.90 Å². The molecule has 1 aliphatic rings. The Balaban J connectivity index is 1.97. The topological polar surface area (TPSA) is 3.24 Å². The maximum Gasteiger partial charge on any atom is 0.113 e. The smallest absolute Gasteiger partial charge is 0.113 e. The maximum absolute atomic E-state index is 5.92. The van der Waals surface area contributed by atoms with Gasteiger partial charge in [-0.2, -0.15) is 0 Å². The van der Waals surface area contributed by atoms with Gasteiger partial charge >= 0.3 is 0 Å². The van der Waals surface area contributed by atoms with Crippen LogP contribution in [0.3, 0.4) is 0 Å². The Kier molecular flexibility index (Phi) is 3.06. The first-order valence-corrected chi connectivity index (χ1v) is 6.70. The van der Waals surface area contributed by atoms with Crippen molar-refractivity contribution in [1.29, 1.82) is 0 Å². The predicted molar refractivity (Wildman–Crippen MR) is 80.6 cm³/mol. The number of nitrogens with zero attached hydrogens (tertiary/aromatic N) is 1. The molecule has 0 unspecified atom stereocenters. The van der Waals surface area contributed by atoms with Crippen molar-refractivity contribution in [3.63, 3.8) is 0 Å². The normalized spacial score (nSPS) is 14.5. The van der Waals surface area contributed by atoms with Gasteiger partial charge in [0.2, 0.25) is 0 Å². The molecule has 0 aromatic heterocycles. The second kappa shape index (κ2) is 4.71. The van der Waals surface area contributed by atoms with Crippen LogP contribution in [0.5, 0.6) is 0 Å². The van der Waals surface area contributed by atoms with Crippen LogP contribution in [0, 0.1) is 0 Å². The number of fused-ring (bicyclic) bond motifs is 1. The second-order valence-corrected chi connectivity index (χ2v) is 5.16. The van der Waals surface area contributed by atoms with Crippen LogP contribution in [0.4, 0.5) is 5.69 Å². The van der Waals surface area contributed by atoms with Crippen LogP contribution >= 0.6 is 23.8 Å². The molecule has 0 aliphatic carbocycles. The van der Waals surface area contributed by atoms with Crippen molar-refractivity contribution in [2.45, 2.75) is 6.42 Å². The molecule has 2 aromatic rings. The Morgan fingerprint density at radius 2 is 1.72 bits per heavy atom. The fourth-order valence-electron chi connectivity index (χ4n) is 2.29. The van der Waals surface area contributed by atoms with Gasteiger partial charge in [-0.25, -0.2) is 0 Å². The zero-order valence-corrected chi connectivity index (χ0v) is 11.3. The average Bonchev–Trinajstić information content (AvgIpc) is 2.41. The highest BCUT2D eigenvalue weighted by Gasteiger charge is 2.21. The van der Waals surface area contributed by atoms with Gasteiger partial charge in [0.05, 0.1) is 0 Å². The van der Waals surface area contributed by atoms with Crippen LogP contribution in [0.1, 0.15) is 11.1 Å². The Labute approximate surface area is 117 Å². The Bertz CT molecular complexity index is 592. The van der Waals surface area contributed by atoms with Crippen molar-refractivity contribution in [2.75, 3.05) is 11.4 Å². The average molecular weight is 274 g/mol. The van der Waals surface area contributed by atoms with E-state index < -0.39 is 0 Å². The molecule has 0 bridgehead atoms. The third-order valence-corrected chi connectivity index (χ3v) is 3.93. The summed E-state index contributed by atoms with van der Waals surface area (Å²) in [5, 5.41) is 0.752. The zero-order chi connectivity index (χ0) is 12.5. The minimum atomic E-state index is 0.752. The number of halogens is 1. The molecule has 0 N–H and O–H groups in total. The van der Waals surface area contributed by atoms with Crippen LogP contribution in [-0.4, -0.2) is 11.5 Å². The Morgan fingerprint density at radius 3 is 2.50 bits per heavy atom. The summed E-state index contributed by atoms with van der Waals surface area (Å²) in [6.45, 7) is 0.928. The lowest BCUT2D eigenvalue weighted by molar-refractivity contribution is 0.913. The predicted octanol–water partition coefficient (Wildman–Crippen LogP) is 4.08. The number of hydrogen-bond donors (Lipinski definition) is 0. The Morgan fingerprint density at radius 1 is 1.00 bits per heavy atom. The molecular formula is C15H12ClNS. The van der Waals surface area contributed by atoms with Crippen molar-refractivity contribution < 1.29 is 0 Å². The molecule has 0 radical (unpaired) electrons. The standard InChI is InChI=1S/C15H12ClNS/c16-12-5-7-13(8-6-12)17-10-9-11-3-1-2-4-14(11)15(17)18/h1-8H,9-10H2. The second-order valence-electron chi connectivity index (χ2n) is 4.34. The van der Waals surface area contributed by atoms with E-state index in [4.69, 9.17) is 23.8 Å². The Hall–Kier alpha value is -1.38. The quantitative estimate of drug-likeness (QED) is 0.721. The van der Waals surface area contributed by atoms with Gasteiger partial charge in [-0.1, -0.05) is 48.1 Å². The molecule has 2 aromatic carbocycles. The molecule has 18 heavy (non-hydrogen) atoms. The monoisotopic (exact) mass is 273 g/mol.